The van der Waals surface area contributed by atoms with E-state index in [1.165, 1.54) is 0 Å². The number of methoxy groups -OCH3 is 1. The van der Waals surface area contributed by atoms with Gasteiger partial charge in [-0.05, 0) is 31.6 Å². The van der Waals surface area contributed by atoms with Gasteiger partial charge >= 0.3 is 6.01 Å². The number of hydrazine groups is 1. The minimum atomic E-state index is -0.398. The highest BCUT2D eigenvalue weighted by Gasteiger charge is 2.40. The molecule has 0 amide bonds. The molecule has 90 valence electrons. The molecule has 0 radical (unpaired) electrons. The van der Waals surface area contributed by atoms with Crippen molar-refractivity contribution in [3.63, 3.8) is 0 Å². The summed E-state index contributed by atoms with van der Waals surface area (Å²) in [5.74, 6) is 6.54. The highest BCUT2D eigenvalue weighted by atomic mass is 16.5. The molecule has 0 unspecified atom stereocenters. The summed E-state index contributed by atoms with van der Waals surface area (Å²) in [6, 6.07) is 0.227. The standard InChI is InChI=1S/C10H18N4O2/c1-7-3-5-10(15-2,6-4-7)8-12-9(13-11)16-14-8/h7H,3-6,11H2,1-2H3,(H,12,13,14). The zero-order valence-corrected chi connectivity index (χ0v) is 9.69. The molecule has 1 heterocycles. The third kappa shape index (κ3) is 1.90. The molecule has 1 fully saturated rings. The van der Waals surface area contributed by atoms with Crippen LogP contribution in [0.5, 0.6) is 0 Å². The minimum absolute atomic E-state index is 0.227. The molecular weight excluding hydrogens is 208 g/mol. The maximum Gasteiger partial charge on any atom is 0.335 e. The van der Waals surface area contributed by atoms with Crippen molar-refractivity contribution >= 4 is 6.01 Å². The Kier molecular flexibility index (Phi) is 3.11. The smallest absolute Gasteiger partial charge is 0.335 e. The van der Waals surface area contributed by atoms with Gasteiger partial charge in [-0.3, -0.25) is 5.43 Å². The second-order valence-electron chi connectivity index (χ2n) is 4.45. The first-order valence-electron chi connectivity index (χ1n) is 5.56. The predicted octanol–water partition coefficient (Wildman–Crippen LogP) is 1.41. The van der Waals surface area contributed by atoms with Crippen LogP contribution in [0.25, 0.3) is 0 Å². The van der Waals surface area contributed by atoms with Crippen LogP contribution >= 0.6 is 0 Å². The lowest BCUT2D eigenvalue weighted by Crippen LogP contribution is -2.34. The van der Waals surface area contributed by atoms with E-state index in [0.29, 0.717) is 5.82 Å². The summed E-state index contributed by atoms with van der Waals surface area (Å²) in [6.45, 7) is 2.25. The first-order chi connectivity index (χ1) is 7.70. The molecule has 2 rings (SSSR count). The number of ether oxygens (including phenoxy) is 1. The van der Waals surface area contributed by atoms with Gasteiger partial charge in [0.05, 0.1) is 0 Å². The zero-order valence-electron chi connectivity index (χ0n) is 9.69. The average molecular weight is 226 g/mol. The van der Waals surface area contributed by atoms with Crippen molar-refractivity contribution in [1.29, 1.82) is 0 Å². The Labute approximate surface area is 94.5 Å². The molecule has 0 aromatic carbocycles. The average Bonchev–Trinajstić information content (AvgIpc) is 2.80. The van der Waals surface area contributed by atoms with Crippen LogP contribution in [-0.4, -0.2) is 17.3 Å². The van der Waals surface area contributed by atoms with Crippen molar-refractivity contribution in [3.8, 4) is 0 Å². The quantitative estimate of drug-likeness (QED) is 0.598. The Bertz CT molecular complexity index is 344. The Morgan fingerprint density at radius 3 is 2.69 bits per heavy atom. The van der Waals surface area contributed by atoms with E-state index < -0.39 is 5.60 Å². The van der Waals surface area contributed by atoms with Gasteiger partial charge in [0, 0.05) is 7.11 Å². The summed E-state index contributed by atoms with van der Waals surface area (Å²) in [5, 5.41) is 3.93. The maximum atomic E-state index is 5.62. The Morgan fingerprint density at radius 2 is 2.19 bits per heavy atom. The molecule has 1 aromatic heterocycles. The van der Waals surface area contributed by atoms with Gasteiger partial charge in [0.2, 0.25) is 5.82 Å². The summed E-state index contributed by atoms with van der Waals surface area (Å²) in [5.41, 5.74) is 1.94. The van der Waals surface area contributed by atoms with Gasteiger partial charge in [-0.2, -0.15) is 4.98 Å². The summed E-state index contributed by atoms with van der Waals surface area (Å²) in [6.07, 6.45) is 4.09. The van der Waals surface area contributed by atoms with E-state index in [-0.39, 0.29) is 6.01 Å². The van der Waals surface area contributed by atoms with E-state index in [9.17, 15) is 0 Å². The number of nitrogen functional groups attached to an aromatic ring is 1. The molecule has 6 nitrogen and oxygen atoms in total. The molecule has 6 heteroatoms. The van der Waals surface area contributed by atoms with Crippen LogP contribution in [0.4, 0.5) is 6.01 Å². The molecule has 1 saturated carbocycles. The molecule has 1 aliphatic rings. The van der Waals surface area contributed by atoms with Crippen LogP contribution in [-0.2, 0) is 10.3 Å². The predicted molar refractivity (Wildman–Crippen MR) is 58.4 cm³/mol. The highest BCUT2D eigenvalue weighted by molar-refractivity contribution is 5.18. The molecular formula is C10H18N4O2. The zero-order chi connectivity index (χ0) is 11.6. The molecule has 0 saturated heterocycles. The number of anilines is 1. The van der Waals surface area contributed by atoms with Gasteiger partial charge in [-0.25, -0.2) is 5.84 Å². The highest BCUT2D eigenvalue weighted by Crippen LogP contribution is 2.40. The van der Waals surface area contributed by atoms with Gasteiger partial charge in [0.1, 0.15) is 5.60 Å². The van der Waals surface area contributed by atoms with E-state index in [0.717, 1.165) is 31.6 Å². The van der Waals surface area contributed by atoms with Crippen LogP contribution < -0.4 is 11.3 Å². The van der Waals surface area contributed by atoms with E-state index in [1.54, 1.807) is 7.11 Å². The van der Waals surface area contributed by atoms with Crippen LogP contribution in [0, 0.1) is 5.92 Å². The molecule has 1 aliphatic carbocycles. The van der Waals surface area contributed by atoms with Crippen LogP contribution in [0.2, 0.25) is 0 Å². The number of nitrogens with zero attached hydrogens (tertiary/aromatic N) is 2. The van der Waals surface area contributed by atoms with E-state index >= 15 is 0 Å². The molecule has 0 spiro atoms. The lowest BCUT2D eigenvalue weighted by Gasteiger charge is -2.35. The van der Waals surface area contributed by atoms with Crippen molar-refractivity contribution in [1.82, 2.24) is 10.1 Å². The molecule has 0 aliphatic heterocycles. The Balaban J connectivity index is 2.20. The fourth-order valence-electron chi connectivity index (χ4n) is 2.21. The molecule has 3 N–H and O–H groups in total. The minimum Gasteiger partial charge on any atom is -0.370 e. The fourth-order valence-corrected chi connectivity index (χ4v) is 2.21. The maximum absolute atomic E-state index is 5.62. The second-order valence-corrected chi connectivity index (χ2v) is 4.45. The topological polar surface area (TPSA) is 86.2 Å². The first-order valence-corrected chi connectivity index (χ1v) is 5.56. The van der Waals surface area contributed by atoms with Crippen molar-refractivity contribution in [3.05, 3.63) is 5.82 Å². The number of nitrogens with one attached hydrogen (secondary N) is 1. The third-order valence-corrected chi connectivity index (χ3v) is 3.43. The van der Waals surface area contributed by atoms with Gasteiger partial charge in [-0.15, -0.1) is 0 Å². The Morgan fingerprint density at radius 1 is 1.50 bits per heavy atom. The fraction of sp³-hybridized carbons (Fsp3) is 0.800. The lowest BCUT2D eigenvalue weighted by atomic mass is 9.79. The molecule has 1 aromatic rings. The lowest BCUT2D eigenvalue weighted by molar-refractivity contribution is -0.0609. The van der Waals surface area contributed by atoms with Crippen molar-refractivity contribution < 1.29 is 9.26 Å². The van der Waals surface area contributed by atoms with E-state index in [2.05, 4.69) is 22.5 Å². The van der Waals surface area contributed by atoms with Gasteiger partial charge in [0.15, 0.2) is 0 Å². The summed E-state index contributed by atoms with van der Waals surface area (Å²) in [7, 11) is 1.70. The third-order valence-electron chi connectivity index (χ3n) is 3.43. The summed E-state index contributed by atoms with van der Waals surface area (Å²) < 4.78 is 10.6. The van der Waals surface area contributed by atoms with Gasteiger partial charge in [-0.1, -0.05) is 12.1 Å². The Hall–Kier alpha value is -1.14. The number of hydrogen-bond acceptors (Lipinski definition) is 6. The SMILES string of the molecule is COC1(c2noc(NN)n2)CCC(C)CC1. The van der Waals surface area contributed by atoms with Crippen molar-refractivity contribution in [2.75, 3.05) is 12.5 Å². The van der Waals surface area contributed by atoms with Gasteiger partial charge < -0.3 is 9.26 Å². The first kappa shape index (κ1) is 11.3. The second kappa shape index (κ2) is 4.39. The molecule has 0 atom stereocenters. The van der Waals surface area contributed by atoms with Crippen molar-refractivity contribution in [2.45, 2.75) is 38.2 Å². The van der Waals surface area contributed by atoms with Crippen LogP contribution in [0.1, 0.15) is 38.4 Å². The van der Waals surface area contributed by atoms with Crippen molar-refractivity contribution in [2.24, 2.45) is 11.8 Å². The van der Waals surface area contributed by atoms with E-state index in [4.69, 9.17) is 15.1 Å². The summed E-state index contributed by atoms with van der Waals surface area (Å²) in [4.78, 5) is 4.18. The number of hydrogen-bond donors (Lipinski definition) is 2. The molecule has 0 bridgehead atoms. The van der Waals surface area contributed by atoms with E-state index in [1.807, 2.05) is 0 Å². The van der Waals surface area contributed by atoms with Crippen LogP contribution in [0.15, 0.2) is 4.52 Å². The number of aromatic nitrogens is 2. The van der Waals surface area contributed by atoms with Gasteiger partial charge in [0.25, 0.3) is 0 Å². The monoisotopic (exact) mass is 226 g/mol. The number of nitrogens with two attached hydrogens (primary N) is 1. The normalized spacial score (nSPS) is 30.3. The largest absolute Gasteiger partial charge is 0.370 e. The summed E-state index contributed by atoms with van der Waals surface area (Å²) >= 11 is 0. The molecule has 16 heavy (non-hydrogen) atoms. The van der Waals surface area contributed by atoms with Crippen LogP contribution in [0.3, 0.4) is 0 Å². The number of rotatable bonds is 3.